The van der Waals surface area contributed by atoms with E-state index in [1.807, 2.05) is 24.3 Å². The van der Waals surface area contributed by atoms with Crippen molar-refractivity contribution in [1.82, 2.24) is 9.78 Å². The van der Waals surface area contributed by atoms with E-state index in [9.17, 15) is 4.79 Å². The molecule has 4 nitrogen and oxygen atoms in total. The Kier molecular flexibility index (Phi) is 6.33. The lowest BCUT2D eigenvalue weighted by Gasteiger charge is -2.11. The molecule has 1 aromatic heterocycles. The molecule has 0 aliphatic heterocycles. The van der Waals surface area contributed by atoms with E-state index in [0.717, 1.165) is 17.5 Å². The molecule has 0 saturated heterocycles. The molecular weight excluding hydrogens is 453 g/mol. The van der Waals surface area contributed by atoms with Crippen LogP contribution in [0, 0.1) is 0 Å². The van der Waals surface area contributed by atoms with E-state index in [-0.39, 0.29) is 5.91 Å². The molecule has 7 heteroatoms. The molecule has 3 aromatic carbocycles. The van der Waals surface area contributed by atoms with Crippen molar-refractivity contribution in [2.45, 2.75) is 13.3 Å². The first-order valence-electron chi connectivity index (χ1n) is 9.66. The molecule has 4 rings (SSSR count). The van der Waals surface area contributed by atoms with E-state index >= 15 is 0 Å². The van der Waals surface area contributed by atoms with E-state index in [4.69, 9.17) is 34.8 Å². The highest BCUT2D eigenvalue weighted by atomic mass is 35.5. The van der Waals surface area contributed by atoms with Gasteiger partial charge in [0.05, 0.1) is 16.4 Å². The average molecular weight is 471 g/mol. The number of carbonyl (C=O) groups excluding carboxylic acids is 1. The topological polar surface area (TPSA) is 46.9 Å². The summed E-state index contributed by atoms with van der Waals surface area (Å²) in [5, 5.41) is 9.21. The van der Waals surface area contributed by atoms with Crippen molar-refractivity contribution in [2.24, 2.45) is 0 Å². The Balaban J connectivity index is 1.76. The summed E-state index contributed by atoms with van der Waals surface area (Å²) in [6.45, 7) is 2.07. The fourth-order valence-electron chi connectivity index (χ4n) is 3.14. The van der Waals surface area contributed by atoms with Crippen molar-refractivity contribution in [3.8, 4) is 16.9 Å². The SMILES string of the molecule is CCc1ccc(C(=O)Nc2cc(-c3ccc(Cl)cc3)nn2-c2cc(Cl)ccc2Cl)cc1. The van der Waals surface area contributed by atoms with Gasteiger partial charge in [-0.15, -0.1) is 0 Å². The van der Waals surface area contributed by atoms with Gasteiger partial charge in [0, 0.05) is 27.2 Å². The zero-order valence-corrected chi connectivity index (χ0v) is 18.8. The molecule has 156 valence electrons. The van der Waals surface area contributed by atoms with Crippen LogP contribution in [0.5, 0.6) is 0 Å². The van der Waals surface area contributed by atoms with Gasteiger partial charge in [0.1, 0.15) is 5.82 Å². The fraction of sp³-hybridized carbons (Fsp3) is 0.0833. The molecule has 4 aromatic rings. The molecular formula is C24H18Cl3N3O. The summed E-state index contributed by atoms with van der Waals surface area (Å²) in [4.78, 5) is 12.9. The highest BCUT2D eigenvalue weighted by molar-refractivity contribution is 6.34. The predicted octanol–water partition coefficient (Wildman–Crippen LogP) is 7.31. The molecule has 0 aliphatic rings. The van der Waals surface area contributed by atoms with Gasteiger partial charge < -0.3 is 5.32 Å². The number of benzene rings is 3. The molecule has 0 spiro atoms. The molecule has 31 heavy (non-hydrogen) atoms. The van der Waals surface area contributed by atoms with Crippen LogP contribution < -0.4 is 5.32 Å². The number of amides is 1. The Hall–Kier alpha value is -2.79. The van der Waals surface area contributed by atoms with Gasteiger partial charge in [0.2, 0.25) is 0 Å². The molecule has 0 aliphatic carbocycles. The first-order chi connectivity index (χ1) is 14.9. The van der Waals surface area contributed by atoms with Crippen LogP contribution in [0.3, 0.4) is 0 Å². The van der Waals surface area contributed by atoms with Crippen LogP contribution >= 0.6 is 34.8 Å². The van der Waals surface area contributed by atoms with Crippen LogP contribution in [0.1, 0.15) is 22.8 Å². The first-order valence-corrected chi connectivity index (χ1v) is 10.8. The van der Waals surface area contributed by atoms with Crippen molar-refractivity contribution >= 4 is 46.5 Å². The number of rotatable bonds is 5. The molecule has 0 atom stereocenters. The van der Waals surface area contributed by atoms with Gasteiger partial charge in [0.15, 0.2) is 0 Å². The van der Waals surface area contributed by atoms with Crippen molar-refractivity contribution < 1.29 is 4.79 Å². The molecule has 0 radical (unpaired) electrons. The van der Waals surface area contributed by atoms with Gasteiger partial charge in [-0.3, -0.25) is 4.79 Å². The molecule has 0 unspecified atom stereocenters. The predicted molar refractivity (Wildman–Crippen MR) is 128 cm³/mol. The molecule has 1 heterocycles. The third-order valence-electron chi connectivity index (χ3n) is 4.85. The van der Waals surface area contributed by atoms with Crippen molar-refractivity contribution in [3.63, 3.8) is 0 Å². The second-order valence-electron chi connectivity index (χ2n) is 6.93. The molecule has 0 fully saturated rings. The Bertz CT molecular complexity index is 1230. The standard InChI is InChI=1S/C24H18Cl3N3O/c1-2-15-3-5-17(6-4-15)24(31)28-23-14-21(16-7-9-18(25)10-8-16)29-30(23)22-13-19(26)11-12-20(22)27/h3-14H,2H2,1H3,(H,28,31). The Morgan fingerprint density at radius 2 is 1.58 bits per heavy atom. The van der Waals surface area contributed by atoms with Gasteiger partial charge in [-0.1, -0.05) is 66.0 Å². The van der Waals surface area contributed by atoms with Crippen LogP contribution in [-0.2, 0) is 6.42 Å². The zero-order valence-electron chi connectivity index (χ0n) is 16.6. The first kappa shape index (κ1) is 21.4. The summed E-state index contributed by atoms with van der Waals surface area (Å²) in [5.41, 5.74) is 3.78. The maximum atomic E-state index is 12.9. The van der Waals surface area contributed by atoms with E-state index in [2.05, 4.69) is 17.3 Å². The van der Waals surface area contributed by atoms with Crippen LogP contribution in [0.4, 0.5) is 5.82 Å². The Labute approximate surface area is 195 Å². The van der Waals surface area contributed by atoms with Crippen molar-refractivity contribution in [1.29, 1.82) is 0 Å². The number of aromatic nitrogens is 2. The smallest absolute Gasteiger partial charge is 0.256 e. The summed E-state index contributed by atoms with van der Waals surface area (Å²) in [5.74, 6) is 0.225. The van der Waals surface area contributed by atoms with Gasteiger partial charge in [-0.25, -0.2) is 4.68 Å². The zero-order chi connectivity index (χ0) is 22.0. The summed E-state index contributed by atoms with van der Waals surface area (Å²) in [7, 11) is 0. The van der Waals surface area contributed by atoms with Gasteiger partial charge in [0.25, 0.3) is 5.91 Å². The molecule has 1 N–H and O–H groups in total. The second kappa shape index (κ2) is 9.15. The summed E-state index contributed by atoms with van der Waals surface area (Å²) in [6.07, 6.45) is 0.909. The normalized spacial score (nSPS) is 10.8. The minimum absolute atomic E-state index is 0.246. The molecule has 1 amide bonds. The highest BCUT2D eigenvalue weighted by Crippen LogP contribution is 2.30. The number of nitrogens with one attached hydrogen (secondary N) is 1. The van der Waals surface area contributed by atoms with Gasteiger partial charge in [-0.05, 0) is 54.4 Å². The molecule has 0 saturated carbocycles. The van der Waals surface area contributed by atoms with E-state index in [1.165, 1.54) is 0 Å². The second-order valence-corrected chi connectivity index (χ2v) is 8.21. The Morgan fingerprint density at radius 3 is 2.26 bits per heavy atom. The minimum Gasteiger partial charge on any atom is -0.306 e. The van der Waals surface area contributed by atoms with Crippen LogP contribution in [0.2, 0.25) is 15.1 Å². The highest BCUT2D eigenvalue weighted by Gasteiger charge is 2.17. The lowest BCUT2D eigenvalue weighted by atomic mass is 10.1. The summed E-state index contributed by atoms with van der Waals surface area (Å²) in [6, 6.07) is 21.7. The van der Waals surface area contributed by atoms with E-state index in [1.54, 1.807) is 53.2 Å². The van der Waals surface area contributed by atoms with E-state index < -0.39 is 0 Å². The largest absolute Gasteiger partial charge is 0.306 e. The number of halogens is 3. The number of nitrogens with zero attached hydrogens (tertiary/aromatic N) is 2. The van der Waals surface area contributed by atoms with Crippen LogP contribution in [0.25, 0.3) is 16.9 Å². The number of aryl methyl sites for hydroxylation is 1. The van der Waals surface area contributed by atoms with Crippen LogP contribution in [-0.4, -0.2) is 15.7 Å². The number of anilines is 1. The van der Waals surface area contributed by atoms with Gasteiger partial charge in [-0.2, -0.15) is 5.10 Å². The van der Waals surface area contributed by atoms with Gasteiger partial charge >= 0.3 is 0 Å². The number of hydrogen-bond donors (Lipinski definition) is 1. The monoisotopic (exact) mass is 469 g/mol. The van der Waals surface area contributed by atoms with E-state index in [0.29, 0.717) is 37.8 Å². The number of carbonyl (C=O) groups is 1. The number of hydrogen-bond acceptors (Lipinski definition) is 2. The Morgan fingerprint density at radius 1 is 0.903 bits per heavy atom. The third-order valence-corrected chi connectivity index (χ3v) is 5.66. The molecule has 0 bridgehead atoms. The lowest BCUT2D eigenvalue weighted by molar-refractivity contribution is 0.102. The van der Waals surface area contributed by atoms with Crippen molar-refractivity contribution in [2.75, 3.05) is 5.32 Å². The minimum atomic E-state index is -0.246. The quantitative estimate of drug-likeness (QED) is 0.332. The summed E-state index contributed by atoms with van der Waals surface area (Å²) >= 11 is 18.6. The maximum absolute atomic E-state index is 12.9. The average Bonchev–Trinajstić information content (AvgIpc) is 3.19. The summed E-state index contributed by atoms with van der Waals surface area (Å²) < 4.78 is 1.58. The van der Waals surface area contributed by atoms with Crippen molar-refractivity contribution in [3.05, 3.63) is 99.0 Å². The third kappa shape index (κ3) is 4.77. The lowest BCUT2D eigenvalue weighted by Crippen LogP contribution is -2.15. The maximum Gasteiger partial charge on any atom is 0.256 e. The fourth-order valence-corrected chi connectivity index (χ4v) is 3.63. The van der Waals surface area contributed by atoms with Crippen LogP contribution in [0.15, 0.2) is 72.8 Å².